The Hall–Kier alpha value is -1.25. The molecule has 1 unspecified atom stereocenters. The van der Waals surface area contributed by atoms with Crippen LogP contribution in [0.2, 0.25) is 0 Å². The van der Waals surface area contributed by atoms with Crippen LogP contribution in [0.3, 0.4) is 0 Å². The van der Waals surface area contributed by atoms with E-state index >= 15 is 0 Å². The second-order valence-corrected chi connectivity index (χ2v) is 5.83. The number of nitrogen functional groups attached to an aromatic ring is 1. The molecule has 1 fully saturated rings. The minimum atomic E-state index is -0.281. The van der Waals surface area contributed by atoms with Crippen LogP contribution >= 0.6 is 0 Å². The van der Waals surface area contributed by atoms with Gasteiger partial charge in [0, 0.05) is 6.04 Å². The maximum atomic E-state index is 12.9. The second-order valence-electron chi connectivity index (χ2n) is 5.83. The quantitative estimate of drug-likeness (QED) is 0.767. The SMILES string of the molecule is CC1(C)CCCC(Nc2ccc(F)cc2N)C1. The van der Waals surface area contributed by atoms with E-state index in [4.69, 9.17) is 5.73 Å². The smallest absolute Gasteiger partial charge is 0.125 e. The molecule has 0 saturated heterocycles. The Balaban J connectivity index is 2.05. The molecule has 0 radical (unpaired) electrons. The highest BCUT2D eigenvalue weighted by molar-refractivity contribution is 5.66. The molecule has 1 aliphatic rings. The van der Waals surface area contributed by atoms with E-state index in [1.807, 2.05) is 0 Å². The lowest BCUT2D eigenvalue weighted by Gasteiger charge is -2.36. The summed E-state index contributed by atoms with van der Waals surface area (Å²) in [4.78, 5) is 0. The van der Waals surface area contributed by atoms with E-state index in [1.165, 1.54) is 31.4 Å². The molecule has 2 rings (SSSR count). The molecule has 0 aromatic heterocycles. The average Bonchev–Trinajstić information content (AvgIpc) is 2.21. The first-order valence-corrected chi connectivity index (χ1v) is 6.28. The average molecular weight is 236 g/mol. The Labute approximate surface area is 102 Å². The number of benzene rings is 1. The number of nitrogens with two attached hydrogens (primary N) is 1. The molecule has 0 spiro atoms. The highest BCUT2D eigenvalue weighted by atomic mass is 19.1. The van der Waals surface area contributed by atoms with Crippen LogP contribution in [0.15, 0.2) is 18.2 Å². The summed E-state index contributed by atoms with van der Waals surface area (Å²) in [5.74, 6) is -0.281. The number of hydrogen-bond acceptors (Lipinski definition) is 2. The van der Waals surface area contributed by atoms with Crippen LogP contribution < -0.4 is 11.1 Å². The van der Waals surface area contributed by atoms with Gasteiger partial charge in [0.2, 0.25) is 0 Å². The van der Waals surface area contributed by atoms with Crippen molar-refractivity contribution in [1.29, 1.82) is 0 Å². The highest BCUT2D eigenvalue weighted by Gasteiger charge is 2.27. The molecule has 1 aliphatic carbocycles. The molecule has 0 bridgehead atoms. The van der Waals surface area contributed by atoms with Gasteiger partial charge in [-0.05, 0) is 42.9 Å². The van der Waals surface area contributed by atoms with E-state index in [0.717, 1.165) is 12.1 Å². The molecule has 1 aromatic carbocycles. The van der Waals surface area contributed by atoms with Gasteiger partial charge in [-0.2, -0.15) is 0 Å². The lowest BCUT2D eigenvalue weighted by Crippen LogP contribution is -2.31. The maximum Gasteiger partial charge on any atom is 0.125 e. The summed E-state index contributed by atoms with van der Waals surface area (Å²) >= 11 is 0. The molecular formula is C14H21FN2. The zero-order valence-corrected chi connectivity index (χ0v) is 10.6. The second kappa shape index (κ2) is 4.55. The third kappa shape index (κ3) is 3.11. The van der Waals surface area contributed by atoms with E-state index in [0.29, 0.717) is 17.1 Å². The van der Waals surface area contributed by atoms with Crippen LogP contribution in [0, 0.1) is 11.2 Å². The molecule has 0 amide bonds. The van der Waals surface area contributed by atoms with Crippen molar-refractivity contribution < 1.29 is 4.39 Å². The van der Waals surface area contributed by atoms with Crippen molar-refractivity contribution in [2.75, 3.05) is 11.1 Å². The molecular weight excluding hydrogens is 215 g/mol. The van der Waals surface area contributed by atoms with E-state index < -0.39 is 0 Å². The van der Waals surface area contributed by atoms with Crippen LogP contribution in [-0.4, -0.2) is 6.04 Å². The predicted octanol–water partition coefficient (Wildman–Crippen LogP) is 3.79. The van der Waals surface area contributed by atoms with Gasteiger partial charge in [0.05, 0.1) is 11.4 Å². The predicted molar refractivity (Wildman–Crippen MR) is 70.5 cm³/mol. The van der Waals surface area contributed by atoms with Crippen LogP contribution in [0.5, 0.6) is 0 Å². The Morgan fingerprint density at radius 1 is 1.41 bits per heavy atom. The van der Waals surface area contributed by atoms with Crippen molar-refractivity contribution in [3.05, 3.63) is 24.0 Å². The Kier molecular flexibility index (Phi) is 3.27. The summed E-state index contributed by atoms with van der Waals surface area (Å²) in [6.07, 6.45) is 4.83. The number of hydrogen-bond donors (Lipinski definition) is 2. The summed E-state index contributed by atoms with van der Waals surface area (Å²) < 4.78 is 12.9. The molecule has 3 heteroatoms. The molecule has 1 saturated carbocycles. The van der Waals surface area contributed by atoms with Gasteiger partial charge in [-0.3, -0.25) is 0 Å². The number of anilines is 2. The Morgan fingerprint density at radius 3 is 2.82 bits per heavy atom. The third-order valence-corrected chi connectivity index (χ3v) is 3.58. The number of rotatable bonds is 2. The zero-order valence-electron chi connectivity index (χ0n) is 10.6. The normalized spacial score (nSPS) is 23.4. The molecule has 0 aliphatic heterocycles. The first-order valence-electron chi connectivity index (χ1n) is 6.28. The minimum absolute atomic E-state index is 0.281. The number of halogens is 1. The summed E-state index contributed by atoms with van der Waals surface area (Å²) in [6, 6.07) is 5.00. The monoisotopic (exact) mass is 236 g/mol. The van der Waals surface area contributed by atoms with Crippen molar-refractivity contribution in [3.8, 4) is 0 Å². The fraction of sp³-hybridized carbons (Fsp3) is 0.571. The summed E-state index contributed by atoms with van der Waals surface area (Å²) in [5, 5.41) is 3.44. The fourth-order valence-corrected chi connectivity index (χ4v) is 2.71. The lowest BCUT2D eigenvalue weighted by molar-refractivity contribution is 0.229. The number of nitrogens with one attached hydrogen (secondary N) is 1. The zero-order chi connectivity index (χ0) is 12.5. The maximum absolute atomic E-state index is 12.9. The third-order valence-electron chi connectivity index (χ3n) is 3.58. The van der Waals surface area contributed by atoms with Crippen molar-refractivity contribution in [2.24, 2.45) is 5.41 Å². The van der Waals surface area contributed by atoms with Crippen LogP contribution in [-0.2, 0) is 0 Å². The van der Waals surface area contributed by atoms with Crippen molar-refractivity contribution in [1.82, 2.24) is 0 Å². The summed E-state index contributed by atoms with van der Waals surface area (Å²) in [6.45, 7) is 4.60. The molecule has 0 heterocycles. The van der Waals surface area contributed by atoms with Gasteiger partial charge in [0.15, 0.2) is 0 Å². The summed E-state index contributed by atoms with van der Waals surface area (Å²) in [7, 11) is 0. The van der Waals surface area contributed by atoms with Crippen molar-refractivity contribution in [2.45, 2.75) is 45.6 Å². The van der Waals surface area contributed by atoms with Gasteiger partial charge in [0.1, 0.15) is 5.82 Å². The fourth-order valence-electron chi connectivity index (χ4n) is 2.71. The first-order chi connectivity index (χ1) is 7.96. The van der Waals surface area contributed by atoms with Crippen LogP contribution in [0.25, 0.3) is 0 Å². The van der Waals surface area contributed by atoms with E-state index in [-0.39, 0.29) is 5.82 Å². The minimum Gasteiger partial charge on any atom is -0.397 e. The van der Waals surface area contributed by atoms with Crippen molar-refractivity contribution >= 4 is 11.4 Å². The molecule has 2 nitrogen and oxygen atoms in total. The molecule has 94 valence electrons. The molecule has 3 N–H and O–H groups in total. The summed E-state index contributed by atoms with van der Waals surface area (Å²) in [5.41, 5.74) is 7.55. The van der Waals surface area contributed by atoms with Gasteiger partial charge in [0.25, 0.3) is 0 Å². The van der Waals surface area contributed by atoms with E-state index in [2.05, 4.69) is 19.2 Å². The largest absolute Gasteiger partial charge is 0.397 e. The lowest BCUT2D eigenvalue weighted by atomic mass is 9.75. The standard InChI is InChI=1S/C14H21FN2/c1-14(2)7-3-4-11(9-14)17-13-6-5-10(15)8-12(13)16/h5-6,8,11,17H,3-4,7,9,16H2,1-2H3. The Morgan fingerprint density at radius 2 is 2.18 bits per heavy atom. The van der Waals surface area contributed by atoms with Crippen LogP contribution in [0.4, 0.5) is 15.8 Å². The van der Waals surface area contributed by atoms with Gasteiger partial charge in [-0.15, -0.1) is 0 Å². The van der Waals surface area contributed by atoms with Crippen molar-refractivity contribution in [3.63, 3.8) is 0 Å². The first kappa shape index (κ1) is 12.2. The van der Waals surface area contributed by atoms with Gasteiger partial charge in [-0.1, -0.05) is 20.3 Å². The van der Waals surface area contributed by atoms with E-state index in [9.17, 15) is 4.39 Å². The van der Waals surface area contributed by atoms with Crippen LogP contribution in [0.1, 0.15) is 39.5 Å². The molecule has 1 atom stereocenters. The van der Waals surface area contributed by atoms with Gasteiger partial charge in [-0.25, -0.2) is 4.39 Å². The highest BCUT2D eigenvalue weighted by Crippen LogP contribution is 2.36. The Bertz CT molecular complexity index is 401. The van der Waals surface area contributed by atoms with E-state index in [1.54, 1.807) is 6.07 Å². The van der Waals surface area contributed by atoms with Gasteiger partial charge < -0.3 is 11.1 Å². The van der Waals surface area contributed by atoms with Gasteiger partial charge >= 0.3 is 0 Å². The molecule has 17 heavy (non-hydrogen) atoms. The molecule has 1 aromatic rings. The topological polar surface area (TPSA) is 38.0 Å².